The number of hydrogen-bond acceptors (Lipinski definition) is 6. The Bertz CT molecular complexity index is 1710. The average Bonchev–Trinajstić information content (AvgIpc) is 2.85. The molecule has 2 heterocycles. The van der Waals surface area contributed by atoms with Crippen molar-refractivity contribution in [3.63, 3.8) is 0 Å². The minimum atomic E-state index is -0.864. The van der Waals surface area contributed by atoms with Crippen LogP contribution in [-0.4, -0.2) is 16.8 Å². The van der Waals surface area contributed by atoms with Gasteiger partial charge in [-0.2, -0.15) is 0 Å². The van der Waals surface area contributed by atoms with E-state index in [0.717, 1.165) is 11.8 Å². The van der Waals surface area contributed by atoms with Gasteiger partial charge in [-0.25, -0.2) is 13.6 Å². The number of ether oxygens (including phenoxy) is 1. The SMILES string of the molecule is COc1ccc2c3oc(=O)c(Sc4cccc(F)c4)c(O)c3c(=O)n(Cc3ccc(F)cc3)c2c1. The van der Waals surface area contributed by atoms with Crippen LogP contribution in [0.4, 0.5) is 8.78 Å². The summed E-state index contributed by atoms with van der Waals surface area (Å²) in [4.78, 5) is 26.6. The number of rotatable bonds is 5. The molecular formula is C26H17F2NO5S. The van der Waals surface area contributed by atoms with Crippen molar-refractivity contribution >= 4 is 33.6 Å². The Morgan fingerprint density at radius 1 is 1.00 bits per heavy atom. The van der Waals surface area contributed by atoms with Crippen molar-refractivity contribution < 1.29 is 23.0 Å². The number of aromatic nitrogens is 1. The molecule has 0 radical (unpaired) electrons. The molecule has 0 atom stereocenters. The van der Waals surface area contributed by atoms with E-state index in [-0.39, 0.29) is 22.4 Å². The van der Waals surface area contributed by atoms with Gasteiger partial charge in [-0.15, -0.1) is 0 Å². The lowest BCUT2D eigenvalue weighted by molar-refractivity contribution is 0.415. The van der Waals surface area contributed by atoms with Crippen LogP contribution in [0.15, 0.2) is 90.5 Å². The van der Waals surface area contributed by atoms with Crippen molar-refractivity contribution in [3.05, 3.63) is 105 Å². The van der Waals surface area contributed by atoms with Crippen molar-refractivity contribution in [1.82, 2.24) is 4.57 Å². The van der Waals surface area contributed by atoms with Gasteiger partial charge in [-0.1, -0.05) is 30.0 Å². The second kappa shape index (κ2) is 8.92. The molecule has 0 bridgehead atoms. The quantitative estimate of drug-likeness (QED) is 0.335. The normalized spacial score (nSPS) is 11.3. The van der Waals surface area contributed by atoms with Crippen LogP contribution in [0.3, 0.4) is 0 Å². The van der Waals surface area contributed by atoms with Crippen LogP contribution in [0.25, 0.3) is 21.9 Å². The van der Waals surface area contributed by atoms with E-state index in [2.05, 4.69) is 0 Å². The summed E-state index contributed by atoms with van der Waals surface area (Å²) in [7, 11) is 1.48. The lowest BCUT2D eigenvalue weighted by Crippen LogP contribution is -2.23. The fourth-order valence-electron chi connectivity index (χ4n) is 3.86. The zero-order valence-electron chi connectivity index (χ0n) is 18.2. The Morgan fingerprint density at radius 3 is 2.49 bits per heavy atom. The number of benzene rings is 3. The maximum atomic E-state index is 13.7. The predicted octanol–water partition coefficient (Wildman–Crippen LogP) is 5.30. The monoisotopic (exact) mass is 493 g/mol. The average molecular weight is 493 g/mol. The molecule has 0 saturated heterocycles. The molecule has 2 aromatic heterocycles. The number of nitrogens with zero attached hydrogens (tertiary/aromatic N) is 1. The van der Waals surface area contributed by atoms with E-state index in [4.69, 9.17) is 9.15 Å². The smallest absolute Gasteiger partial charge is 0.354 e. The first-order valence-electron chi connectivity index (χ1n) is 10.4. The summed E-state index contributed by atoms with van der Waals surface area (Å²) in [5.74, 6) is -1.01. The Balaban J connectivity index is 1.79. The van der Waals surface area contributed by atoms with Gasteiger partial charge in [0.1, 0.15) is 27.7 Å². The number of hydrogen-bond donors (Lipinski definition) is 1. The van der Waals surface area contributed by atoms with E-state index in [1.807, 2.05) is 0 Å². The number of aromatic hydroxyl groups is 1. The van der Waals surface area contributed by atoms with E-state index < -0.39 is 28.6 Å². The summed E-state index contributed by atoms with van der Waals surface area (Å²) in [6.07, 6.45) is 0. The van der Waals surface area contributed by atoms with Crippen LogP contribution >= 0.6 is 11.8 Å². The van der Waals surface area contributed by atoms with E-state index in [9.17, 15) is 23.5 Å². The lowest BCUT2D eigenvalue weighted by atomic mass is 10.1. The first-order chi connectivity index (χ1) is 16.9. The largest absolute Gasteiger partial charge is 0.505 e. The van der Waals surface area contributed by atoms with Crippen LogP contribution in [0.5, 0.6) is 11.5 Å². The van der Waals surface area contributed by atoms with Gasteiger partial charge in [0.15, 0.2) is 11.3 Å². The summed E-state index contributed by atoms with van der Waals surface area (Å²) >= 11 is 0.795. The van der Waals surface area contributed by atoms with Crippen LogP contribution in [0.1, 0.15) is 5.56 Å². The Hall–Kier alpha value is -4.11. The fraction of sp³-hybridized carbons (Fsp3) is 0.0769. The molecule has 0 unspecified atom stereocenters. The molecular weight excluding hydrogens is 476 g/mol. The summed E-state index contributed by atoms with van der Waals surface area (Å²) in [5, 5.41) is 11.3. The number of methoxy groups -OCH3 is 1. The number of pyridine rings is 1. The molecule has 3 aromatic carbocycles. The van der Waals surface area contributed by atoms with E-state index in [0.29, 0.717) is 27.1 Å². The third-order valence-electron chi connectivity index (χ3n) is 5.53. The highest BCUT2D eigenvalue weighted by molar-refractivity contribution is 7.99. The molecule has 0 aliphatic carbocycles. The maximum absolute atomic E-state index is 13.7. The molecule has 5 rings (SSSR count). The molecule has 0 amide bonds. The van der Waals surface area contributed by atoms with Gasteiger partial charge in [0.2, 0.25) is 0 Å². The number of fused-ring (bicyclic) bond motifs is 3. The third kappa shape index (κ3) is 4.15. The summed E-state index contributed by atoms with van der Waals surface area (Å²) in [5.41, 5.74) is -0.513. The fourth-order valence-corrected chi connectivity index (χ4v) is 4.74. The minimum Gasteiger partial charge on any atom is -0.505 e. The highest BCUT2D eigenvalue weighted by Gasteiger charge is 2.23. The van der Waals surface area contributed by atoms with Gasteiger partial charge in [-0.3, -0.25) is 4.79 Å². The highest BCUT2D eigenvalue weighted by Crippen LogP contribution is 2.37. The van der Waals surface area contributed by atoms with Crippen molar-refractivity contribution in [2.24, 2.45) is 0 Å². The maximum Gasteiger partial charge on any atom is 0.354 e. The second-order valence-corrected chi connectivity index (χ2v) is 8.82. The summed E-state index contributed by atoms with van der Waals surface area (Å²) in [6, 6.07) is 16.0. The molecule has 9 heteroatoms. The lowest BCUT2D eigenvalue weighted by Gasteiger charge is -2.15. The van der Waals surface area contributed by atoms with Crippen molar-refractivity contribution in [1.29, 1.82) is 0 Å². The molecule has 35 heavy (non-hydrogen) atoms. The first kappa shape index (κ1) is 22.7. The molecule has 0 aliphatic rings. The zero-order valence-corrected chi connectivity index (χ0v) is 19.1. The molecule has 0 spiro atoms. The van der Waals surface area contributed by atoms with Crippen LogP contribution in [0, 0.1) is 11.6 Å². The molecule has 176 valence electrons. The van der Waals surface area contributed by atoms with Gasteiger partial charge < -0.3 is 18.8 Å². The molecule has 1 N–H and O–H groups in total. The Labute approximate surface area is 201 Å². The van der Waals surface area contributed by atoms with Crippen molar-refractivity contribution in [2.75, 3.05) is 7.11 Å². The van der Waals surface area contributed by atoms with E-state index in [1.54, 1.807) is 36.4 Å². The molecule has 0 aliphatic heterocycles. The number of halogens is 2. The van der Waals surface area contributed by atoms with E-state index >= 15 is 0 Å². The molecule has 0 saturated carbocycles. The Kier molecular flexibility index (Phi) is 5.78. The van der Waals surface area contributed by atoms with Gasteiger partial charge in [0.05, 0.1) is 19.2 Å². The Morgan fingerprint density at radius 2 is 1.77 bits per heavy atom. The molecule has 0 fully saturated rings. The molecule has 6 nitrogen and oxygen atoms in total. The second-order valence-electron chi connectivity index (χ2n) is 7.73. The third-order valence-corrected chi connectivity index (χ3v) is 6.58. The van der Waals surface area contributed by atoms with Gasteiger partial charge in [-0.05, 0) is 48.0 Å². The van der Waals surface area contributed by atoms with Gasteiger partial charge in [0.25, 0.3) is 5.56 Å². The standard InChI is InChI=1S/C26H17F2NO5S/c1-33-17-9-10-19-20(12-17)29(13-14-5-7-15(27)8-6-14)25(31)21-22(30)24(26(32)34-23(19)21)35-18-4-2-3-16(28)11-18/h2-12,30H,13H2,1H3. The zero-order chi connectivity index (χ0) is 24.7. The highest BCUT2D eigenvalue weighted by atomic mass is 32.2. The predicted molar refractivity (Wildman–Crippen MR) is 128 cm³/mol. The topological polar surface area (TPSA) is 81.7 Å². The van der Waals surface area contributed by atoms with Crippen LogP contribution in [-0.2, 0) is 6.54 Å². The van der Waals surface area contributed by atoms with Gasteiger partial charge in [0, 0.05) is 16.3 Å². The minimum absolute atomic E-state index is 0.0592. The van der Waals surface area contributed by atoms with Crippen molar-refractivity contribution in [3.8, 4) is 11.5 Å². The summed E-state index contributed by atoms with van der Waals surface area (Å²) < 4.78 is 39.3. The van der Waals surface area contributed by atoms with Gasteiger partial charge >= 0.3 is 5.63 Å². The summed E-state index contributed by atoms with van der Waals surface area (Å²) in [6.45, 7) is 0.0592. The first-order valence-corrected chi connectivity index (χ1v) is 11.3. The van der Waals surface area contributed by atoms with Crippen LogP contribution < -0.4 is 15.9 Å². The molecule has 5 aromatic rings. The van der Waals surface area contributed by atoms with E-state index in [1.165, 1.54) is 42.0 Å². The van der Waals surface area contributed by atoms with Crippen molar-refractivity contribution in [2.45, 2.75) is 16.3 Å². The van der Waals surface area contributed by atoms with Crippen LogP contribution in [0.2, 0.25) is 0 Å².